The summed E-state index contributed by atoms with van der Waals surface area (Å²) in [7, 11) is 1.65. The summed E-state index contributed by atoms with van der Waals surface area (Å²) in [6, 6.07) is 15.4. The Hall–Kier alpha value is -2.20. The van der Waals surface area contributed by atoms with E-state index in [1.807, 2.05) is 48.5 Å². The van der Waals surface area contributed by atoms with Gasteiger partial charge in [0.1, 0.15) is 5.75 Å². The minimum absolute atomic E-state index is 0.141. The second-order valence-corrected chi connectivity index (χ2v) is 6.47. The summed E-state index contributed by atoms with van der Waals surface area (Å²) in [6.45, 7) is 0.558. The first kappa shape index (κ1) is 16.7. The minimum atomic E-state index is -0.237. The number of ether oxygens (including phenoxy) is 1. The molecule has 0 saturated heterocycles. The second-order valence-electron chi connectivity index (χ2n) is 6.03. The first-order valence-electron chi connectivity index (χ1n) is 8.07. The van der Waals surface area contributed by atoms with Crippen molar-refractivity contribution in [3.63, 3.8) is 0 Å². The number of rotatable bonds is 6. The third-order valence-corrected chi connectivity index (χ3v) is 4.62. The smallest absolute Gasteiger partial charge is 0.315 e. The molecule has 1 saturated carbocycles. The highest BCUT2D eigenvalue weighted by Gasteiger charge is 2.45. The van der Waals surface area contributed by atoms with Crippen LogP contribution in [0.5, 0.6) is 5.75 Å². The van der Waals surface area contributed by atoms with Crippen LogP contribution in [0.2, 0.25) is 5.02 Å². The number of benzene rings is 2. The van der Waals surface area contributed by atoms with Crippen molar-refractivity contribution in [2.45, 2.75) is 24.8 Å². The van der Waals surface area contributed by atoms with Crippen LogP contribution >= 0.6 is 11.6 Å². The van der Waals surface area contributed by atoms with Gasteiger partial charge in [-0.1, -0.05) is 41.9 Å². The summed E-state index contributed by atoms with van der Waals surface area (Å²) in [5.74, 6) is 0.847. The van der Waals surface area contributed by atoms with Crippen LogP contribution in [0.3, 0.4) is 0 Å². The molecule has 1 aliphatic rings. The molecule has 4 nitrogen and oxygen atoms in total. The second kappa shape index (κ2) is 7.14. The number of urea groups is 1. The van der Waals surface area contributed by atoms with Crippen LogP contribution in [-0.4, -0.2) is 19.7 Å². The van der Waals surface area contributed by atoms with Gasteiger partial charge in [0.25, 0.3) is 0 Å². The molecular formula is C19H21ClN2O2. The number of nitrogens with one attached hydrogen (secondary N) is 2. The Bertz CT molecular complexity index is 712. The third kappa shape index (κ3) is 3.82. The lowest BCUT2D eigenvalue weighted by Gasteiger charge is -2.18. The maximum absolute atomic E-state index is 12.2. The predicted octanol–water partition coefficient (Wildman–Crippen LogP) is 3.88. The lowest BCUT2D eigenvalue weighted by atomic mass is 10.1. The molecule has 0 atom stereocenters. The van der Waals surface area contributed by atoms with Crippen molar-refractivity contribution in [1.29, 1.82) is 0 Å². The Labute approximate surface area is 147 Å². The number of carbonyl (C=O) groups excluding carboxylic acids is 1. The third-order valence-electron chi connectivity index (χ3n) is 4.37. The molecule has 126 valence electrons. The van der Waals surface area contributed by atoms with Gasteiger partial charge in [0.2, 0.25) is 0 Å². The molecule has 0 aliphatic heterocycles. The molecule has 2 amide bonds. The van der Waals surface area contributed by atoms with Crippen LogP contribution in [0, 0.1) is 0 Å². The monoisotopic (exact) mass is 344 g/mol. The van der Waals surface area contributed by atoms with E-state index < -0.39 is 0 Å². The normalized spacial score (nSPS) is 14.8. The van der Waals surface area contributed by atoms with Gasteiger partial charge in [-0.05, 0) is 48.6 Å². The number of halogens is 1. The molecule has 0 heterocycles. The predicted molar refractivity (Wildman–Crippen MR) is 95.6 cm³/mol. The molecule has 0 bridgehead atoms. The van der Waals surface area contributed by atoms with Crippen molar-refractivity contribution in [3.05, 3.63) is 64.7 Å². The summed E-state index contributed by atoms with van der Waals surface area (Å²) in [5.41, 5.74) is 1.95. The molecule has 0 unspecified atom stereocenters. The minimum Gasteiger partial charge on any atom is -0.496 e. The van der Waals surface area contributed by atoms with E-state index >= 15 is 0 Å². The van der Waals surface area contributed by atoms with Gasteiger partial charge in [-0.25, -0.2) is 4.79 Å². The summed E-state index contributed by atoms with van der Waals surface area (Å²) in [6.07, 6.45) is 2.63. The summed E-state index contributed by atoms with van der Waals surface area (Å²) in [4.78, 5) is 12.2. The Morgan fingerprint density at radius 2 is 1.88 bits per heavy atom. The number of hydrogen-bond donors (Lipinski definition) is 2. The van der Waals surface area contributed by atoms with Crippen molar-refractivity contribution in [1.82, 2.24) is 10.6 Å². The molecule has 2 N–H and O–H groups in total. The first-order valence-corrected chi connectivity index (χ1v) is 8.45. The van der Waals surface area contributed by atoms with Crippen LogP contribution in [0.25, 0.3) is 0 Å². The maximum Gasteiger partial charge on any atom is 0.315 e. The van der Waals surface area contributed by atoms with Crippen LogP contribution in [0.15, 0.2) is 48.5 Å². The maximum atomic E-state index is 12.2. The van der Waals surface area contributed by atoms with Gasteiger partial charge in [-0.3, -0.25) is 0 Å². The standard InChI is InChI=1S/C19H21ClN2O2/c1-24-17-5-3-2-4-14(17)10-13-21-18(23)22-19(11-12-19)15-6-8-16(20)9-7-15/h2-9H,10-13H2,1H3,(H2,21,22,23). The van der Waals surface area contributed by atoms with Crippen molar-refractivity contribution >= 4 is 17.6 Å². The highest BCUT2D eigenvalue weighted by atomic mass is 35.5. The lowest BCUT2D eigenvalue weighted by molar-refractivity contribution is 0.236. The van der Waals surface area contributed by atoms with Crippen LogP contribution in [0.1, 0.15) is 24.0 Å². The molecule has 2 aromatic rings. The molecule has 0 aromatic heterocycles. The van der Waals surface area contributed by atoms with Crippen molar-refractivity contribution in [3.8, 4) is 5.75 Å². The molecular weight excluding hydrogens is 324 g/mol. The largest absolute Gasteiger partial charge is 0.496 e. The highest BCUT2D eigenvalue weighted by molar-refractivity contribution is 6.30. The fraction of sp³-hybridized carbons (Fsp3) is 0.316. The van der Waals surface area contributed by atoms with E-state index in [1.54, 1.807) is 7.11 Å². The van der Waals surface area contributed by atoms with Gasteiger partial charge in [0.15, 0.2) is 0 Å². The van der Waals surface area contributed by atoms with E-state index in [-0.39, 0.29) is 11.6 Å². The SMILES string of the molecule is COc1ccccc1CCNC(=O)NC1(c2ccc(Cl)cc2)CC1. The summed E-state index contributed by atoms with van der Waals surface area (Å²) < 4.78 is 5.32. The highest BCUT2D eigenvalue weighted by Crippen LogP contribution is 2.45. The molecule has 0 spiro atoms. The number of para-hydroxylation sites is 1. The zero-order valence-corrected chi connectivity index (χ0v) is 14.4. The van der Waals surface area contributed by atoms with E-state index in [1.165, 1.54) is 0 Å². The lowest BCUT2D eigenvalue weighted by Crippen LogP contribution is -2.42. The molecule has 3 rings (SSSR count). The zero-order valence-electron chi connectivity index (χ0n) is 13.6. The number of carbonyl (C=O) groups is 1. The summed E-state index contributed by atoms with van der Waals surface area (Å²) >= 11 is 5.93. The van der Waals surface area contributed by atoms with Crippen LogP contribution < -0.4 is 15.4 Å². The summed E-state index contributed by atoms with van der Waals surface area (Å²) in [5, 5.41) is 6.73. The van der Waals surface area contributed by atoms with Gasteiger partial charge in [0.05, 0.1) is 12.6 Å². The first-order chi connectivity index (χ1) is 11.6. The van der Waals surface area contributed by atoms with Gasteiger partial charge in [-0.15, -0.1) is 0 Å². The molecule has 24 heavy (non-hydrogen) atoms. The molecule has 2 aromatic carbocycles. The van der Waals surface area contributed by atoms with E-state index in [0.717, 1.165) is 36.1 Å². The van der Waals surface area contributed by atoms with E-state index in [4.69, 9.17) is 16.3 Å². The van der Waals surface area contributed by atoms with Crippen LogP contribution in [0.4, 0.5) is 4.79 Å². The Kier molecular flexibility index (Phi) is 4.95. The Morgan fingerprint density at radius 1 is 1.17 bits per heavy atom. The molecule has 5 heteroatoms. The average molecular weight is 345 g/mol. The Morgan fingerprint density at radius 3 is 2.54 bits per heavy atom. The van der Waals surface area contributed by atoms with Gasteiger partial charge in [-0.2, -0.15) is 0 Å². The van der Waals surface area contributed by atoms with Crippen molar-refractivity contribution in [2.24, 2.45) is 0 Å². The number of amides is 2. The van der Waals surface area contributed by atoms with Gasteiger partial charge in [0, 0.05) is 11.6 Å². The van der Waals surface area contributed by atoms with Gasteiger partial charge >= 0.3 is 6.03 Å². The number of hydrogen-bond acceptors (Lipinski definition) is 2. The topological polar surface area (TPSA) is 50.4 Å². The fourth-order valence-electron chi connectivity index (χ4n) is 2.86. The average Bonchev–Trinajstić information content (AvgIpc) is 3.36. The van der Waals surface area contributed by atoms with Gasteiger partial charge < -0.3 is 15.4 Å². The quantitative estimate of drug-likeness (QED) is 0.835. The van der Waals surface area contributed by atoms with Crippen molar-refractivity contribution < 1.29 is 9.53 Å². The zero-order chi connectivity index (χ0) is 17.0. The van der Waals surface area contributed by atoms with E-state index in [9.17, 15) is 4.79 Å². The van der Waals surface area contributed by atoms with E-state index in [0.29, 0.717) is 11.6 Å². The molecule has 1 fully saturated rings. The van der Waals surface area contributed by atoms with Crippen molar-refractivity contribution in [2.75, 3.05) is 13.7 Å². The fourth-order valence-corrected chi connectivity index (χ4v) is 2.99. The number of methoxy groups -OCH3 is 1. The van der Waals surface area contributed by atoms with E-state index in [2.05, 4.69) is 10.6 Å². The Balaban J connectivity index is 1.52. The molecule has 0 radical (unpaired) electrons. The van der Waals surface area contributed by atoms with Crippen LogP contribution in [-0.2, 0) is 12.0 Å². The molecule has 1 aliphatic carbocycles.